The van der Waals surface area contributed by atoms with Crippen LogP contribution in [0.25, 0.3) is 11.5 Å². The molecule has 0 radical (unpaired) electrons. The van der Waals surface area contributed by atoms with Crippen molar-refractivity contribution in [2.24, 2.45) is 0 Å². The average Bonchev–Trinajstić information content (AvgIpc) is 3.26. The molecule has 0 aliphatic carbocycles. The molecule has 1 aromatic carbocycles. The molecule has 0 unspecified atom stereocenters. The van der Waals surface area contributed by atoms with Crippen LogP contribution < -0.4 is 5.32 Å². The highest BCUT2D eigenvalue weighted by atomic mass is 16.3. The highest BCUT2D eigenvalue weighted by Gasteiger charge is 2.30. The Morgan fingerprint density at radius 1 is 1.17 bits per heavy atom. The van der Waals surface area contributed by atoms with Crippen molar-refractivity contribution in [3.05, 3.63) is 42.3 Å². The van der Waals surface area contributed by atoms with Crippen LogP contribution >= 0.6 is 0 Å². The lowest BCUT2D eigenvalue weighted by atomic mass is 10.0. The smallest absolute Gasteiger partial charge is 0.317 e. The number of urea groups is 1. The maximum Gasteiger partial charge on any atom is 0.317 e. The zero-order valence-electron chi connectivity index (χ0n) is 13.6. The van der Waals surface area contributed by atoms with Crippen molar-refractivity contribution in [1.29, 1.82) is 0 Å². The molecule has 2 aliphatic rings. The summed E-state index contributed by atoms with van der Waals surface area (Å²) in [6.07, 6.45) is 3.80. The van der Waals surface area contributed by atoms with Gasteiger partial charge in [0.1, 0.15) is 6.26 Å². The SMILES string of the molecule is O=C1NCCN1C1CCN(Cc2coc(-c3ccccc3)n2)CC1. The standard InChI is InChI=1S/C18H22N4O2/c23-18-19-8-11-22(18)16-6-9-21(10-7-16)12-15-13-24-17(20-15)14-4-2-1-3-5-14/h1-5,13,16H,6-12H2,(H,19,23). The first-order valence-corrected chi connectivity index (χ1v) is 8.56. The molecule has 0 bridgehead atoms. The van der Waals surface area contributed by atoms with E-state index < -0.39 is 0 Å². The Labute approximate surface area is 141 Å². The number of likely N-dealkylation sites (tertiary alicyclic amines) is 1. The maximum atomic E-state index is 11.8. The molecule has 3 heterocycles. The fraction of sp³-hybridized carbons (Fsp3) is 0.444. The summed E-state index contributed by atoms with van der Waals surface area (Å²) in [5.41, 5.74) is 1.97. The molecule has 2 aliphatic heterocycles. The van der Waals surface area contributed by atoms with E-state index in [2.05, 4.69) is 15.2 Å². The predicted octanol–water partition coefficient (Wildman–Crippen LogP) is 2.33. The topological polar surface area (TPSA) is 61.6 Å². The summed E-state index contributed by atoms with van der Waals surface area (Å²) in [7, 11) is 0. The van der Waals surface area contributed by atoms with Crippen molar-refractivity contribution in [2.75, 3.05) is 26.2 Å². The quantitative estimate of drug-likeness (QED) is 0.937. The first kappa shape index (κ1) is 15.2. The molecular formula is C18H22N4O2. The van der Waals surface area contributed by atoms with E-state index in [4.69, 9.17) is 4.42 Å². The summed E-state index contributed by atoms with van der Waals surface area (Å²) in [6.45, 7) is 4.40. The van der Waals surface area contributed by atoms with Gasteiger partial charge in [-0.25, -0.2) is 9.78 Å². The van der Waals surface area contributed by atoms with E-state index >= 15 is 0 Å². The minimum Gasteiger partial charge on any atom is -0.444 e. The largest absolute Gasteiger partial charge is 0.444 e. The molecule has 2 aromatic rings. The predicted molar refractivity (Wildman–Crippen MR) is 90.3 cm³/mol. The van der Waals surface area contributed by atoms with Gasteiger partial charge in [0, 0.05) is 44.3 Å². The molecule has 2 amide bonds. The molecule has 1 aromatic heterocycles. The van der Waals surface area contributed by atoms with E-state index in [0.29, 0.717) is 11.9 Å². The highest BCUT2D eigenvalue weighted by Crippen LogP contribution is 2.22. The van der Waals surface area contributed by atoms with Crippen LogP contribution in [0, 0.1) is 0 Å². The van der Waals surface area contributed by atoms with E-state index in [1.807, 2.05) is 35.2 Å². The first-order chi connectivity index (χ1) is 11.8. The number of carbonyl (C=O) groups is 1. The number of nitrogens with one attached hydrogen (secondary N) is 1. The Morgan fingerprint density at radius 2 is 1.96 bits per heavy atom. The maximum absolute atomic E-state index is 11.8. The number of hydrogen-bond acceptors (Lipinski definition) is 4. The Morgan fingerprint density at radius 3 is 2.67 bits per heavy atom. The molecule has 0 atom stereocenters. The van der Waals surface area contributed by atoms with Crippen LogP contribution in [-0.2, 0) is 6.54 Å². The van der Waals surface area contributed by atoms with E-state index in [1.54, 1.807) is 6.26 Å². The summed E-state index contributed by atoms with van der Waals surface area (Å²) >= 11 is 0. The van der Waals surface area contributed by atoms with Gasteiger partial charge in [0.15, 0.2) is 0 Å². The van der Waals surface area contributed by atoms with E-state index in [9.17, 15) is 4.79 Å². The lowest BCUT2D eigenvalue weighted by molar-refractivity contribution is 0.131. The summed E-state index contributed by atoms with van der Waals surface area (Å²) in [6, 6.07) is 10.4. The van der Waals surface area contributed by atoms with Gasteiger partial charge in [-0.15, -0.1) is 0 Å². The number of nitrogens with zero attached hydrogens (tertiary/aromatic N) is 3. The normalized spacial score (nSPS) is 19.7. The van der Waals surface area contributed by atoms with Gasteiger partial charge in [-0.2, -0.15) is 0 Å². The fourth-order valence-electron chi connectivity index (χ4n) is 3.55. The van der Waals surface area contributed by atoms with E-state index in [0.717, 1.165) is 56.8 Å². The summed E-state index contributed by atoms with van der Waals surface area (Å²) < 4.78 is 5.61. The van der Waals surface area contributed by atoms with Crippen LogP contribution in [-0.4, -0.2) is 53.0 Å². The van der Waals surface area contributed by atoms with Crippen molar-refractivity contribution in [3.63, 3.8) is 0 Å². The van der Waals surface area contributed by atoms with Crippen LogP contribution in [0.2, 0.25) is 0 Å². The Hall–Kier alpha value is -2.34. The molecular weight excluding hydrogens is 304 g/mol. The van der Waals surface area contributed by atoms with Crippen LogP contribution in [0.3, 0.4) is 0 Å². The second-order valence-corrected chi connectivity index (χ2v) is 6.44. The van der Waals surface area contributed by atoms with E-state index in [-0.39, 0.29) is 6.03 Å². The average molecular weight is 326 g/mol. The Balaban J connectivity index is 1.33. The third-order valence-corrected chi connectivity index (χ3v) is 4.85. The number of piperidine rings is 1. The summed E-state index contributed by atoms with van der Waals surface area (Å²) in [5.74, 6) is 0.675. The molecule has 0 spiro atoms. The van der Waals surface area contributed by atoms with E-state index in [1.165, 1.54) is 0 Å². The monoisotopic (exact) mass is 326 g/mol. The van der Waals surface area contributed by atoms with Gasteiger partial charge in [0.05, 0.1) is 5.69 Å². The van der Waals surface area contributed by atoms with Crippen molar-refractivity contribution in [3.8, 4) is 11.5 Å². The third-order valence-electron chi connectivity index (χ3n) is 4.85. The number of amides is 2. The molecule has 6 heteroatoms. The second-order valence-electron chi connectivity index (χ2n) is 6.44. The van der Waals surface area contributed by atoms with Gasteiger partial charge in [0.25, 0.3) is 0 Å². The van der Waals surface area contributed by atoms with Gasteiger partial charge >= 0.3 is 6.03 Å². The van der Waals surface area contributed by atoms with Gasteiger partial charge in [-0.05, 0) is 25.0 Å². The minimum absolute atomic E-state index is 0.0949. The number of aromatic nitrogens is 1. The highest BCUT2D eigenvalue weighted by molar-refractivity contribution is 5.76. The van der Waals surface area contributed by atoms with Crippen LogP contribution in [0.4, 0.5) is 4.79 Å². The van der Waals surface area contributed by atoms with Crippen molar-refractivity contribution < 1.29 is 9.21 Å². The van der Waals surface area contributed by atoms with Gasteiger partial charge in [-0.1, -0.05) is 18.2 Å². The Kier molecular flexibility index (Phi) is 4.21. The second kappa shape index (κ2) is 6.65. The summed E-state index contributed by atoms with van der Waals surface area (Å²) in [5, 5.41) is 2.89. The first-order valence-electron chi connectivity index (χ1n) is 8.56. The molecule has 126 valence electrons. The lowest BCUT2D eigenvalue weighted by Crippen LogP contribution is -2.45. The zero-order valence-corrected chi connectivity index (χ0v) is 13.6. The van der Waals surface area contributed by atoms with Crippen molar-refractivity contribution in [1.82, 2.24) is 20.1 Å². The molecule has 6 nitrogen and oxygen atoms in total. The number of benzene rings is 1. The lowest BCUT2D eigenvalue weighted by Gasteiger charge is -2.35. The van der Waals surface area contributed by atoms with Gasteiger partial charge < -0.3 is 14.6 Å². The number of oxazole rings is 1. The molecule has 1 N–H and O–H groups in total. The molecule has 2 saturated heterocycles. The molecule has 4 rings (SSSR count). The number of carbonyl (C=O) groups excluding carboxylic acids is 1. The van der Waals surface area contributed by atoms with Gasteiger partial charge in [-0.3, -0.25) is 4.90 Å². The van der Waals surface area contributed by atoms with Crippen molar-refractivity contribution in [2.45, 2.75) is 25.4 Å². The van der Waals surface area contributed by atoms with Crippen LogP contribution in [0.15, 0.2) is 41.0 Å². The summed E-state index contributed by atoms with van der Waals surface area (Å²) in [4.78, 5) is 20.7. The Bertz CT molecular complexity index is 692. The van der Waals surface area contributed by atoms with Crippen LogP contribution in [0.1, 0.15) is 18.5 Å². The van der Waals surface area contributed by atoms with Crippen molar-refractivity contribution >= 4 is 6.03 Å². The third kappa shape index (κ3) is 3.14. The minimum atomic E-state index is 0.0949. The molecule has 2 fully saturated rings. The molecule has 0 saturated carbocycles. The van der Waals surface area contributed by atoms with Crippen LogP contribution in [0.5, 0.6) is 0 Å². The fourth-order valence-corrected chi connectivity index (χ4v) is 3.55. The number of hydrogen-bond donors (Lipinski definition) is 1. The zero-order chi connectivity index (χ0) is 16.4. The van der Waals surface area contributed by atoms with Gasteiger partial charge in [0.2, 0.25) is 5.89 Å². The molecule has 24 heavy (non-hydrogen) atoms. The number of rotatable bonds is 4.